The molecule has 4 rings (SSSR count). The molecule has 2 heterocycles. The van der Waals surface area contributed by atoms with E-state index >= 15 is 0 Å². The molecule has 4 fully saturated rings. The molecule has 2 aliphatic carbocycles. The third kappa shape index (κ3) is 9.16. The first-order chi connectivity index (χ1) is 21.9. The number of carbonyl (C=O) groups is 2. The van der Waals surface area contributed by atoms with E-state index in [1.807, 2.05) is 6.92 Å². The van der Waals surface area contributed by atoms with Crippen molar-refractivity contribution < 1.29 is 63.5 Å². The molecular formula is C32H55NO13. The van der Waals surface area contributed by atoms with Gasteiger partial charge in [0.15, 0.2) is 18.7 Å². The molecule has 266 valence electrons. The summed E-state index contributed by atoms with van der Waals surface area (Å²) in [5.41, 5.74) is 0. The molecule has 13 unspecified atom stereocenters. The van der Waals surface area contributed by atoms with Gasteiger partial charge in [-0.1, -0.05) is 45.4 Å². The lowest BCUT2D eigenvalue weighted by molar-refractivity contribution is -0.336. The summed E-state index contributed by atoms with van der Waals surface area (Å²) < 4.78 is 36.2. The van der Waals surface area contributed by atoms with Gasteiger partial charge in [0.2, 0.25) is 5.91 Å². The summed E-state index contributed by atoms with van der Waals surface area (Å²) in [4.78, 5) is 25.6. The molecule has 4 aliphatic rings. The average Bonchev–Trinajstić information content (AvgIpc) is 3.03. The Balaban J connectivity index is 1.57. The van der Waals surface area contributed by atoms with Crippen molar-refractivity contribution in [2.24, 2.45) is 11.8 Å². The van der Waals surface area contributed by atoms with Crippen LogP contribution in [0.3, 0.4) is 0 Å². The number of hydrogen-bond donors (Lipinski definition) is 6. The molecule has 0 aromatic heterocycles. The third-order valence-corrected chi connectivity index (χ3v) is 9.85. The van der Waals surface area contributed by atoms with E-state index < -0.39 is 98.1 Å². The van der Waals surface area contributed by atoms with Crippen LogP contribution < -0.4 is 5.32 Å². The molecule has 46 heavy (non-hydrogen) atoms. The average molecular weight is 662 g/mol. The quantitative estimate of drug-likeness (QED) is 0.156. The molecule has 2 aliphatic heterocycles. The fourth-order valence-corrected chi connectivity index (χ4v) is 7.25. The van der Waals surface area contributed by atoms with Crippen molar-refractivity contribution in [1.29, 1.82) is 0 Å². The Morgan fingerprint density at radius 3 is 2.22 bits per heavy atom. The van der Waals surface area contributed by atoms with E-state index in [0.717, 1.165) is 44.9 Å². The van der Waals surface area contributed by atoms with Gasteiger partial charge in [0, 0.05) is 6.92 Å². The highest BCUT2D eigenvalue weighted by atomic mass is 16.7. The molecule has 2 saturated heterocycles. The van der Waals surface area contributed by atoms with Gasteiger partial charge in [-0.15, -0.1) is 0 Å². The van der Waals surface area contributed by atoms with E-state index in [-0.39, 0.29) is 18.4 Å². The largest absolute Gasteiger partial charge is 0.464 e. The monoisotopic (exact) mass is 661 g/mol. The number of ether oxygens (including phenoxy) is 6. The highest BCUT2D eigenvalue weighted by Crippen LogP contribution is 2.36. The van der Waals surface area contributed by atoms with Gasteiger partial charge in [0.1, 0.15) is 42.7 Å². The minimum atomic E-state index is -1.50. The zero-order valence-electron chi connectivity index (χ0n) is 27.4. The van der Waals surface area contributed by atoms with Gasteiger partial charge in [-0.3, -0.25) is 4.79 Å². The van der Waals surface area contributed by atoms with Crippen molar-refractivity contribution in [3.8, 4) is 0 Å². The van der Waals surface area contributed by atoms with E-state index in [1.54, 1.807) is 13.8 Å². The zero-order valence-corrected chi connectivity index (χ0v) is 27.4. The molecule has 14 heteroatoms. The van der Waals surface area contributed by atoms with Gasteiger partial charge in [-0.25, -0.2) is 4.79 Å². The van der Waals surface area contributed by atoms with E-state index in [2.05, 4.69) is 5.32 Å². The van der Waals surface area contributed by atoms with E-state index in [1.165, 1.54) is 6.92 Å². The number of nitrogens with one attached hydrogen (secondary N) is 1. The molecular weight excluding hydrogens is 606 g/mol. The smallest absolute Gasteiger partial charge is 0.335 e. The van der Waals surface area contributed by atoms with Crippen LogP contribution in [0.1, 0.15) is 85.5 Å². The van der Waals surface area contributed by atoms with Gasteiger partial charge in [0.05, 0.1) is 31.5 Å². The van der Waals surface area contributed by atoms with Crippen molar-refractivity contribution in [3.05, 3.63) is 0 Å². The van der Waals surface area contributed by atoms with Gasteiger partial charge in [-0.05, 0) is 44.9 Å². The molecule has 0 spiro atoms. The van der Waals surface area contributed by atoms with Crippen molar-refractivity contribution in [2.75, 3.05) is 13.2 Å². The fraction of sp³-hybridized carbons (Fsp3) is 0.938. The summed E-state index contributed by atoms with van der Waals surface area (Å²) in [5, 5.41) is 55.4. The molecule has 0 aromatic rings. The Morgan fingerprint density at radius 2 is 1.57 bits per heavy atom. The van der Waals surface area contributed by atoms with Gasteiger partial charge in [0.25, 0.3) is 0 Å². The van der Waals surface area contributed by atoms with Crippen LogP contribution in [0.25, 0.3) is 0 Å². The summed E-state index contributed by atoms with van der Waals surface area (Å²) in [6.45, 7) is 6.10. The van der Waals surface area contributed by atoms with Crippen LogP contribution in [0.4, 0.5) is 0 Å². The molecule has 14 atom stereocenters. The lowest BCUT2D eigenvalue weighted by Gasteiger charge is -2.48. The Kier molecular flexibility index (Phi) is 14.0. The normalized spacial score (nSPS) is 41.5. The Bertz CT molecular complexity index is 966. The predicted molar refractivity (Wildman–Crippen MR) is 161 cm³/mol. The highest BCUT2D eigenvalue weighted by Gasteiger charge is 2.51. The van der Waals surface area contributed by atoms with Crippen LogP contribution >= 0.6 is 0 Å². The number of aliphatic hydroxyl groups is 5. The maximum atomic E-state index is 13.1. The van der Waals surface area contributed by atoms with Crippen molar-refractivity contribution >= 4 is 11.9 Å². The number of carbonyl (C=O) groups excluding carboxylic acids is 2. The number of aliphatic hydroxyl groups excluding tert-OH is 5. The topological polar surface area (TPSA) is 203 Å². The maximum Gasteiger partial charge on any atom is 0.335 e. The van der Waals surface area contributed by atoms with Gasteiger partial charge < -0.3 is 59.3 Å². The van der Waals surface area contributed by atoms with Crippen LogP contribution in [-0.4, -0.2) is 130 Å². The molecule has 0 bridgehead atoms. The lowest BCUT2D eigenvalue weighted by Crippen LogP contribution is -2.67. The Labute approximate surface area is 271 Å². The summed E-state index contributed by atoms with van der Waals surface area (Å²) in [5.74, 6) is -0.850. The first kappa shape index (κ1) is 37.4. The molecule has 1 amide bonds. The molecule has 6 N–H and O–H groups in total. The second-order valence-electron chi connectivity index (χ2n) is 13.4. The van der Waals surface area contributed by atoms with E-state index in [0.29, 0.717) is 12.8 Å². The SMILES string of the molecule is CCOC(=O)[C@H](CC1CCCCC1)OC1C(O)C(CO)OC(OC2CCCC(C)C2OC2OC(C)C(O)C(O)C2O)C1NC(C)=O. The van der Waals surface area contributed by atoms with Crippen molar-refractivity contribution in [3.63, 3.8) is 0 Å². The minimum absolute atomic E-state index is 0.0772. The molecule has 14 nitrogen and oxygen atoms in total. The summed E-state index contributed by atoms with van der Waals surface area (Å²) >= 11 is 0. The van der Waals surface area contributed by atoms with Crippen LogP contribution in [0, 0.1) is 11.8 Å². The van der Waals surface area contributed by atoms with E-state index in [4.69, 9.17) is 28.4 Å². The van der Waals surface area contributed by atoms with Crippen LogP contribution in [-0.2, 0) is 38.0 Å². The second kappa shape index (κ2) is 17.3. The van der Waals surface area contributed by atoms with Gasteiger partial charge >= 0.3 is 5.97 Å². The number of esters is 1. The first-order valence-corrected chi connectivity index (χ1v) is 17.0. The minimum Gasteiger partial charge on any atom is -0.464 e. The van der Waals surface area contributed by atoms with Crippen LogP contribution in [0.15, 0.2) is 0 Å². The molecule has 2 saturated carbocycles. The summed E-state index contributed by atoms with van der Waals surface area (Å²) in [6.07, 6.45) is -6.00. The highest BCUT2D eigenvalue weighted by molar-refractivity contribution is 5.75. The second-order valence-corrected chi connectivity index (χ2v) is 13.4. The maximum absolute atomic E-state index is 13.1. The number of hydrogen-bond acceptors (Lipinski definition) is 13. The first-order valence-electron chi connectivity index (χ1n) is 17.0. The fourth-order valence-electron chi connectivity index (χ4n) is 7.25. The van der Waals surface area contributed by atoms with Gasteiger partial charge in [-0.2, -0.15) is 0 Å². The standard InChI is InChI=1S/C32H55NO13/c1-5-41-30(40)21(14-19-11-7-6-8-12-19)43-29-23(33-18(4)35)31(45-22(15-34)25(29)37)44-20-13-9-10-16(2)28(20)46-32-27(39)26(38)24(36)17(3)42-32/h16-17,19-29,31-32,34,36-39H,5-15H2,1-4H3,(H,33,35)/t16?,17?,20?,21-,22?,23?,24?,25?,26?,27?,28?,29?,31?,32?/m0/s1. The number of amides is 1. The van der Waals surface area contributed by atoms with Crippen molar-refractivity contribution in [1.82, 2.24) is 5.32 Å². The Morgan fingerprint density at radius 1 is 0.848 bits per heavy atom. The zero-order chi connectivity index (χ0) is 33.5. The Hall–Kier alpha value is -1.46. The van der Waals surface area contributed by atoms with E-state index in [9.17, 15) is 35.1 Å². The third-order valence-electron chi connectivity index (χ3n) is 9.85. The van der Waals surface area contributed by atoms with Crippen LogP contribution in [0.5, 0.6) is 0 Å². The number of rotatable bonds is 12. The van der Waals surface area contributed by atoms with Crippen molar-refractivity contribution in [2.45, 2.75) is 165 Å². The van der Waals surface area contributed by atoms with Crippen LogP contribution in [0.2, 0.25) is 0 Å². The molecule has 0 aromatic carbocycles. The predicted octanol–water partition coefficient (Wildman–Crippen LogP) is 0.274. The summed E-state index contributed by atoms with van der Waals surface area (Å²) in [6, 6.07) is -1.08. The summed E-state index contributed by atoms with van der Waals surface area (Å²) in [7, 11) is 0. The molecule has 0 radical (unpaired) electrons. The lowest BCUT2D eigenvalue weighted by atomic mass is 9.85.